The van der Waals surface area contributed by atoms with Crippen molar-refractivity contribution in [3.8, 4) is 0 Å². The van der Waals surface area contributed by atoms with Gasteiger partial charge in [-0.1, -0.05) is 11.3 Å². The number of carbonyl (C=O) groups excluding carboxylic acids is 1. The average Bonchev–Trinajstić information content (AvgIpc) is 2.48. The fourth-order valence-corrected chi connectivity index (χ4v) is 1.17. The van der Waals surface area contributed by atoms with Gasteiger partial charge in [-0.05, 0) is 12.1 Å². The van der Waals surface area contributed by atoms with Crippen LogP contribution in [0.3, 0.4) is 0 Å². The van der Waals surface area contributed by atoms with Crippen LogP contribution in [0.1, 0.15) is 10.4 Å². The van der Waals surface area contributed by atoms with Crippen LogP contribution in [0.5, 0.6) is 0 Å². The smallest absolute Gasteiger partial charge is 0.152 e. The minimum absolute atomic E-state index is 0.584. The number of aromatic nitrogens is 3. The molecule has 1 heterocycles. The largest absolute Gasteiger partial charge is 0.298 e. The van der Waals surface area contributed by atoms with Crippen LogP contribution in [0.15, 0.2) is 18.2 Å². The maximum absolute atomic E-state index is 10.6. The molecule has 0 fully saturated rings. The van der Waals surface area contributed by atoms with Gasteiger partial charge in [0.1, 0.15) is 5.52 Å². The van der Waals surface area contributed by atoms with Crippen LogP contribution in [0.25, 0.3) is 11.0 Å². The second-order valence-corrected chi connectivity index (χ2v) is 2.55. The van der Waals surface area contributed by atoms with E-state index in [0.717, 1.165) is 11.8 Å². The minimum atomic E-state index is 0.584. The van der Waals surface area contributed by atoms with Gasteiger partial charge in [-0.15, -0.1) is 5.10 Å². The van der Waals surface area contributed by atoms with E-state index in [2.05, 4.69) is 10.3 Å². The van der Waals surface area contributed by atoms with Gasteiger partial charge in [-0.25, -0.2) is 4.68 Å². The lowest BCUT2D eigenvalue weighted by Gasteiger charge is -1.91. The van der Waals surface area contributed by atoms with E-state index in [1.807, 2.05) is 12.1 Å². The minimum Gasteiger partial charge on any atom is -0.298 e. The lowest BCUT2D eigenvalue weighted by atomic mass is 10.2. The van der Waals surface area contributed by atoms with E-state index >= 15 is 0 Å². The highest BCUT2D eigenvalue weighted by Crippen LogP contribution is 2.12. The second kappa shape index (κ2) is 2.41. The van der Waals surface area contributed by atoms with Crippen molar-refractivity contribution in [2.75, 3.05) is 0 Å². The van der Waals surface area contributed by atoms with Crippen molar-refractivity contribution in [3.63, 3.8) is 0 Å². The molecule has 0 radical (unpaired) electrons. The Morgan fingerprint density at radius 1 is 1.50 bits per heavy atom. The summed E-state index contributed by atoms with van der Waals surface area (Å²) >= 11 is 0. The maximum atomic E-state index is 10.6. The van der Waals surface area contributed by atoms with E-state index in [-0.39, 0.29) is 0 Å². The molecule has 2 aromatic rings. The summed E-state index contributed by atoms with van der Waals surface area (Å²) in [6, 6.07) is 5.42. The standard InChI is InChI=1S/C8H7N3O/c1-11-7-4-2-3-6(5-12)8(7)9-10-11/h2-5H,1H3. The number of nitrogens with zero attached hydrogens (tertiary/aromatic N) is 3. The molecular formula is C8H7N3O. The number of hydrogen-bond acceptors (Lipinski definition) is 3. The number of aryl methyl sites for hydroxylation is 1. The number of rotatable bonds is 1. The highest BCUT2D eigenvalue weighted by molar-refractivity contribution is 5.93. The summed E-state index contributed by atoms with van der Waals surface area (Å²) in [7, 11) is 1.80. The van der Waals surface area contributed by atoms with Crippen LogP contribution in [0.4, 0.5) is 0 Å². The molecule has 0 saturated carbocycles. The number of benzene rings is 1. The first-order valence-corrected chi connectivity index (χ1v) is 3.56. The summed E-state index contributed by atoms with van der Waals surface area (Å²) < 4.78 is 1.64. The molecule has 0 saturated heterocycles. The van der Waals surface area contributed by atoms with Gasteiger partial charge >= 0.3 is 0 Å². The molecule has 0 unspecified atom stereocenters. The maximum Gasteiger partial charge on any atom is 0.152 e. The molecule has 12 heavy (non-hydrogen) atoms. The predicted molar refractivity (Wildman–Crippen MR) is 43.9 cm³/mol. The average molecular weight is 161 g/mol. The lowest BCUT2D eigenvalue weighted by molar-refractivity contribution is 0.112. The van der Waals surface area contributed by atoms with Crippen molar-refractivity contribution >= 4 is 17.3 Å². The summed E-state index contributed by atoms with van der Waals surface area (Å²) in [6.45, 7) is 0. The first kappa shape index (κ1) is 6.97. The van der Waals surface area contributed by atoms with Gasteiger partial charge in [0, 0.05) is 12.6 Å². The Balaban J connectivity index is 2.89. The lowest BCUT2D eigenvalue weighted by Crippen LogP contribution is -1.89. The highest BCUT2D eigenvalue weighted by atomic mass is 16.1. The Morgan fingerprint density at radius 3 is 3.08 bits per heavy atom. The molecule has 60 valence electrons. The zero-order valence-electron chi connectivity index (χ0n) is 6.56. The zero-order valence-corrected chi connectivity index (χ0v) is 6.56. The van der Waals surface area contributed by atoms with E-state index in [9.17, 15) is 4.79 Å². The van der Waals surface area contributed by atoms with E-state index in [1.165, 1.54) is 0 Å². The molecule has 0 spiro atoms. The Labute approximate surface area is 68.8 Å². The monoisotopic (exact) mass is 161 g/mol. The van der Waals surface area contributed by atoms with Crippen LogP contribution >= 0.6 is 0 Å². The Morgan fingerprint density at radius 2 is 2.33 bits per heavy atom. The molecule has 1 aromatic carbocycles. The topological polar surface area (TPSA) is 47.8 Å². The molecule has 0 N–H and O–H groups in total. The van der Waals surface area contributed by atoms with Crippen molar-refractivity contribution in [1.29, 1.82) is 0 Å². The van der Waals surface area contributed by atoms with Crippen molar-refractivity contribution in [2.45, 2.75) is 0 Å². The third kappa shape index (κ3) is 0.812. The van der Waals surface area contributed by atoms with Gasteiger partial charge in [0.25, 0.3) is 0 Å². The Kier molecular flexibility index (Phi) is 1.40. The van der Waals surface area contributed by atoms with Crippen molar-refractivity contribution in [1.82, 2.24) is 15.0 Å². The summed E-state index contributed by atoms with van der Waals surface area (Å²) in [6.07, 6.45) is 0.789. The number of hydrogen-bond donors (Lipinski definition) is 0. The first-order chi connectivity index (χ1) is 5.83. The van der Waals surface area contributed by atoms with Crippen LogP contribution in [0.2, 0.25) is 0 Å². The third-order valence-corrected chi connectivity index (χ3v) is 1.80. The van der Waals surface area contributed by atoms with Gasteiger partial charge in [0.05, 0.1) is 5.52 Å². The number of fused-ring (bicyclic) bond motifs is 1. The molecule has 0 amide bonds. The summed E-state index contributed by atoms with van der Waals surface area (Å²) in [4.78, 5) is 10.6. The van der Waals surface area contributed by atoms with Gasteiger partial charge in [-0.2, -0.15) is 0 Å². The number of carbonyl (C=O) groups is 1. The molecular weight excluding hydrogens is 154 g/mol. The summed E-state index contributed by atoms with van der Waals surface area (Å²) in [5.41, 5.74) is 2.12. The van der Waals surface area contributed by atoms with Crippen LogP contribution < -0.4 is 0 Å². The van der Waals surface area contributed by atoms with Crippen LogP contribution in [-0.4, -0.2) is 21.3 Å². The van der Waals surface area contributed by atoms with Crippen molar-refractivity contribution in [2.24, 2.45) is 7.05 Å². The quantitative estimate of drug-likeness (QED) is 0.580. The number of aldehydes is 1. The van der Waals surface area contributed by atoms with Gasteiger partial charge in [-0.3, -0.25) is 4.79 Å². The van der Waals surface area contributed by atoms with Crippen molar-refractivity contribution in [3.05, 3.63) is 23.8 Å². The normalized spacial score (nSPS) is 10.4. The Hall–Kier alpha value is -1.71. The molecule has 4 heteroatoms. The molecule has 0 aliphatic heterocycles. The van der Waals surface area contributed by atoms with E-state index in [1.54, 1.807) is 17.8 Å². The molecule has 4 nitrogen and oxygen atoms in total. The molecule has 1 aromatic heterocycles. The molecule has 2 rings (SSSR count). The van der Waals surface area contributed by atoms with E-state index in [0.29, 0.717) is 11.1 Å². The van der Waals surface area contributed by atoms with Gasteiger partial charge in [0.15, 0.2) is 6.29 Å². The van der Waals surface area contributed by atoms with E-state index in [4.69, 9.17) is 0 Å². The summed E-state index contributed by atoms with van der Waals surface area (Å²) in [5, 5.41) is 7.68. The molecule has 0 aliphatic rings. The molecule has 0 bridgehead atoms. The zero-order chi connectivity index (χ0) is 8.55. The first-order valence-electron chi connectivity index (χ1n) is 3.56. The fourth-order valence-electron chi connectivity index (χ4n) is 1.17. The SMILES string of the molecule is Cn1nnc2c(C=O)cccc21. The second-order valence-electron chi connectivity index (χ2n) is 2.55. The van der Waals surface area contributed by atoms with Gasteiger partial charge in [0.2, 0.25) is 0 Å². The van der Waals surface area contributed by atoms with Gasteiger partial charge < -0.3 is 0 Å². The summed E-state index contributed by atoms with van der Waals surface area (Å²) in [5.74, 6) is 0. The fraction of sp³-hybridized carbons (Fsp3) is 0.125. The van der Waals surface area contributed by atoms with Crippen LogP contribution in [0, 0.1) is 0 Å². The highest BCUT2D eigenvalue weighted by Gasteiger charge is 2.04. The third-order valence-electron chi connectivity index (χ3n) is 1.80. The van der Waals surface area contributed by atoms with Crippen LogP contribution in [-0.2, 0) is 7.05 Å². The molecule has 0 atom stereocenters. The van der Waals surface area contributed by atoms with E-state index < -0.39 is 0 Å². The molecule has 0 aliphatic carbocycles. The van der Waals surface area contributed by atoms with Crippen molar-refractivity contribution < 1.29 is 4.79 Å². The predicted octanol–water partition coefficient (Wildman–Crippen LogP) is 0.781. The Bertz CT molecular complexity index is 433.